The van der Waals surface area contributed by atoms with Gasteiger partial charge in [0.2, 0.25) is 5.91 Å². The number of hydrogen-bond acceptors (Lipinski definition) is 8. The first kappa shape index (κ1) is 26.4. The van der Waals surface area contributed by atoms with Crippen molar-refractivity contribution in [1.29, 1.82) is 0 Å². The third-order valence-corrected chi connectivity index (χ3v) is 4.01. The van der Waals surface area contributed by atoms with E-state index < -0.39 is 16.6 Å². The summed E-state index contributed by atoms with van der Waals surface area (Å²) in [5, 5.41) is 12.7. The van der Waals surface area contributed by atoms with Gasteiger partial charge in [-0.05, 0) is 49.6 Å². The standard InChI is InChI=1S/C21H31N3O6S/c1-15(22-23-19(27)14-21(2,3)31)16-8-10-17(11-9-16)29-13-5-7-20(28)30-24-18(26)6-4-12-25/h8-11,25,31H,4-7,12-14H2,1-3H3,(H,23,27)(H,24,26)/b22-15+. The van der Waals surface area contributed by atoms with Crippen LogP contribution in [0, 0.1) is 0 Å². The van der Waals surface area contributed by atoms with Crippen LogP contribution in [0.5, 0.6) is 5.75 Å². The summed E-state index contributed by atoms with van der Waals surface area (Å²) in [7, 11) is 0. The molecule has 0 radical (unpaired) electrons. The molecule has 1 rings (SSSR count). The lowest BCUT2D eigenvalue weighted by Gasteiger charge is -2.15. The molecular weight excluding hydrogens is 422 g/mol. The highest BCUT2D eigenvalue weighted by Crippen LogP contribution is 2.16. The Morgan fingerprint density at radius 1 is 1.10 bits per heavy atom. The minimum Gasteiger partial charge on any atom is -0.494 e. The van der Waals surface area contributed by atoms with Gasteiger partial charge in [0.05, 0.1) is 18.7 Å². The SMILES string of the molecule is C/C(=N\NC(=O)CC(C)(C)S)c1ccc(OCCCC(=O)ONC(=O)CCCO)cc1. The van der Waals surface area contributed by atoms with E-state index >= 15 is 0 Å². The fourth-order valence-corrected chi connectivity index (χ4v) is 2.44. The first-order valence-corrected chi connectivity index (χ1v) is 10.4. The highest BCUT2D eigenvalue weighted by atomic mass is 32.1. The number of carbonyl (C=O) groups is 3. The number of thiol groups is 1. The van der Waals surface area contributed by atoms with Gasteiger partial charge in [0.1, 0.15) is 5.75 Å². The Morgan fingerprint density at radius 2 is 1.77 bits per heavy atom. The fraction of sp³-hybridized carbons (Fsp3) is 0.524. The van der Waals surface area contributed by atoms with Crippen molar-refractivity contribution in [3.63, 3.8) is 0 Å². The summed E-state index contributed by atoms with van der Waals surface area (Å²) in [6, 6.07) is 7.18. The van der Waals surface area contributed by atoms with Crippen LogP contribution in [0.25, 0.3) is 0 Å². The van der Waals surface area contributed by atoms with Crippen LogP contribution in [0.1, 0.15) is 58.4 Å². The van der Waals surface area contributed by atoms with Gasteiger partial charge in [-0.25, -0.2) is 10.2 Å². The molecule has 3 N–H and O–H groups in total. The van der Waals surface area contributed by atoms with E-state index in [9.17, 15) is 14.4 Å². The maximum atomic E-state index is 11.8. The number of hydrogen-bond donors (Lipinski definition) is 4. The Labute approximate surface area is 187 Å². The molecule has 1 aromatic rings. The predicted octanol–water partition coefficient (Wildman–Crippen LogP) is 2.13. The van der Waals surface area contributed by atoms with Crippen molar-refractivity contribution in [2.75, 3.05) is 13.2 Å². The van der Waals surface area contributed by atoms with E-state index in [4.69, 9.17) is 9.84 Å². The molecule has 0 saturated heterocycles. The Bertz CT molecular complexity index is 759. The van der Waals surface area contributed by atoms with E-state index in [1.54, 1.807) is 19.1 Å². The van der Waals surface area contributed by atoms with Crippen LogP contribution in [0.2, 0.25) is 0 Å². The number of nitrogens with zero attached hydrogens (tertiary/aromatic N) is 1. The number of carbonyl (C=O) groups excluding carboxylic acids is 3. The van der Waals surface area contributed by atoms with E-state index in [1.165, 1.54) is 0 Å². The molecule has 0 saturated carbocycles. The Morgan fingerprint density at radius 3 is 2.39 bits per heavy atom. The largest absolute Gasteiger partial charge is 0.494 e. The topological polar surface area (TPSA) is 126 Å². The molecule has 0 aliphatic carbocycles. The molecule has 0 aromatic heterocycles. The summed E-state index contributed by atoms with van der Waals surface area (Å²) in [4.78, 5) is 39.3. The van der Waals surface area contributed by atoms with Gasteiger partial charge in [-0.15, -0.1) is 0 Å². The van der Waals surface area contributed by atoms with E-state index in [-0.39, 0.29) is 31.8 Å². The van der Waals surface area contributed by atoms with Gasteiger partial charge in [-0.2, -0.15) is 23.2 Å². The molecule has 0 aliphatic rings. The second-order valence-electron chi connectivity index (χ2n) is 7.52. The number of amides is 2. The Balaban J connectivity index is 2.33. The summed E-state index contributed by atoms with van der Waals surface area (Å²) < 4.78 is 5.18. The molecule has 0 spiro atoms. The molecule has 0 heterocycles. The lowest BCUT2D eigenvalue weighted by atomic mass is 10.1. The number of ether oxygens (including phenoxy) is 1. The molecule has 2 amide bonds. The number of hydroxylamine groups is 1. The van der Waals surface area contributed by atoms with Crippen molar-refractivity contribution in [3.8, 4) is 5.75 Å². The number of aliphatic hydroxyl groups excluding tert-OH is 1. The van der Waals surface area contributed by atoms with Gasteiger partial charge in [-0.3, -0.25) is 9.59 Å². The predicted molar refractivity (Wildman–Crippen MR) is 120 cm³/mol. The summed E-state index contributed by atoms with van der Waals surface area (Å²) in [6.07, 6.45) is 1.16. The normalized spacial score (nSPS) is 11.6. The molecule has 172 valence electrons. The minimum absolute atomic E-state index is 0.0902. The zero-order valence-corrected chi connectivity index (χ0v) is 19.0. The second-order valence-corrected chi connectivity index (χ2v) is 8.73. The van der Waals surface area contributed by atoms with Gasteiger partial charge in [0.15, 0.2) is 0 Å². The monoisotopic (exact) mass is 453 g/mol. The Hall–Kier alpha value is -2.59. The highest BCUT2D eigenvalue weighted by molar-refractivity contribution is 7.81. The molecule has 10 heteroatoms. The molecule has 31 heavy (non-hydrogen) atoms. The number of rotatable bonds is 12. The molecule has 0 aliphatic heterocycles. The second kappa shape index (κ2) is 13.7. The van der Waals surface area contributed by atoms with E-state index in [0.717, 1.165) is 5.56 Å². The van der Waals surface area contributed by atoms with Crippen LogP contribution < -0.4 is 15.6 Å². The van der Waals surface area contributed by atoms with Crippen molar-refractivity contribution < 1.29 is 29.1 Å². The molecule has 0 atom stereocenters. The van der Waals surface area contributed by atoms with Gasteiger partial charge in [0, 0.05) is 24.2 Å². The number of hydrazone groups is 1. The molecule has 0 unspecified atom stereocenters. The van der Waals surface area contributed by atoms with Crippen molar-refractivity contribution in [2.24, 2.45) is 5.10 Å². The maximum absolute atomic E-state index is 11.8. The summed E-state index contributed by atoms with van der Waals surface area (Å²) in [6.45, 7) is 5.70. The van der Waals surface area contributed by atoms with Gasteiger partial charge >= 0.3 is 5.97 Å². The highest BCUT2D eigenvalue weighted by Gasteiger charge is 2.16. The zero-order chi connectivity index (χ0) is 23.3. The van der Waals surface area contributed by atoms with Gasteiger partial charge in [0.25, 0.3) is 5.91 Å². The molecule has 0 bridgehead atoms. The Kier molecular flexibility index (Phi) is 11.7. The third kappa shape index (κ3) is 12.6. The van der Waals surface area contributed by atoms with E-state index in [1.807, 2.05) is 31.5 Å². The quantitative estimate of drug-likeness (QED) is 0.166. The average Bonchev–Trinajstić information content (AvgIpc) is 2.71. The van der Waals surface area contributed by atoms with Crippen LogP contribution in [0.3, 0.4) is 0 Å². The molecular formula is C21H31N3O6S. The van der Waals surface area contributed by atoms with E-state index in [2.05, 4.69) is 28.0 Å². The van der Waals surface area contributed by atoms with Crippen LogP contribution in [0.15, 0.2) is 29.4 Å². The summed E-state index contributed by atoms with van der Waals surface area (Å²) in [5.74, 6) is -0.597. The zero-order valence-electron chi connectivity index (χ0n) is 18.1. The molecule has 1 aromatic carbocycles. The number of nitrogens with one attached hydrogen (secondary N) is 2. The van der Waals surface area contributed by atoms with Gasteiger partial charge in [-0.1, -0.05) is 13.8 Å². The maximum Gasteiger partial charge on any atom is 0.332 e. The molecule has 9 nitrogen and oxygen atoms in total. The molecule has 0 fully saturated rings. The smallest absolute Gasteiger partial charge is 0.332 e. The number of benzene rings is 1. The first-order valence-electron chi connectivity index (χ1n) is 9.99. The van der Waals surface area contributed by atoms with Crippen LogP contribution in [0.4, 0.5) is 0 Å². The summed E-state index contributed by atoms with van der Waals surface area (Å²) >= 11 is 4.32. The van der Waals surface area contributed by atoms with Crippen LogP contribution in [-0.4, -0.2) is 46.6 Å². The summed E-state index contributed by atoms with van der Waals surface area (Å²) in [5.41, 5.74) is 6.04. The lowest BCUT2D eigenvalue weighted by Crippen LogP contribution is -2.27. The van der Waals surface area contributed by atoms with Gasteiger partial charge < -0.3 is 14.7 Å². The fourth-order valence-electron chi connectivity index (χ4n) is 2.30. The van der Waals surface area contributed by atoms with Crippen molar-refractivity contribution >= 4 is 36.1 Å². The first-order chi connectivity index (χ1) is 14.6. The van der Waals surface area contributed by atoms with Crippen molar-refractivity contribution in [3.05, 3.63) is 29.8 Å². The number of aliphatic hydroxyl groups is 1. The minimum atomic E-state index is -0.563. The lowest BCUT2D eigenvalue weighted by molar-refractivity contribution is -0.158. The van der Waals surface area contributed by atoms with Crippen molar-refractivity contribution in [2.45, 2.75) is 57.6 Å². The van der Waals surface area contributed by atoms with Crippen LogP contribution >= 0.6 is 12.6 Å². The average molecular weight is 454 g/mol. The van der Waals surface area contributed by atoms with Crippen molar-refractivity contribution in [1.82, 2.24) is 10.9 Å². The third-order valence-electron chi connectivity index (χ3n) is 3.85. The van der Waals surface area contributed by atoms with E-state index in [0.29, 0.717) is 30.9 Å². The van der Waals surface area contributed by atoms with Crippen LogP contribution in [-0.2, 0) is 19.2 Å².